The number of nitrogens with one attached hydrogen (secondary N) is 1. The molecule has 5 rings (SSSR count). The third-order valence-corrected chi connectivity index (χ3v) is 5.30. The molecule has 0 aliphatic carbocycles. The van der Waals surface area contributed by atoms with E-state index in [1.807, 2.05) is 35.0 Å². The number of benzene rings is 2. The van der Waals surface area contributed by atoms with Crippen molar-refractivity contribution in [1.82, 2.24) is 9.78 Å². The lowest BCUT2D eigenvalue weighted by Crippen LogP contribution is -2.07. The number of rotatable bonds is 2. The van der Waals surface area contributed by atoms with Gasteiger partial charge < -0.3 is 14.8 Å². The second-order valence-corrected chi connectivity index (χ2v) is 7.54. The van der Waals surface area contributed by atoms with E-state index >= 15 is 0 Å². The topological polar surface area (TPSA) is 48.3 Å². The van der Waals surface area contributed by atoms with Crippen molar-refractivity contribution < 1.29 is 9.47 Å². The molecule has 0 radical (unpaired) electrons. The Balaban J connectivity index is 1.69. The van der Waals surface area contributed by atoms with Crippen LogP contribution in [0, 0.1) is 0 Å². The van der Waals surface area contributed by atoms with Gasteiger partial charge in [-0.2, -0.15) is 5.10 Å². The van der Waals surface area contributed by atoms with Gasteiger partial charge in [-0.25, -0.2) is 4.68 Å². The molecule has 0 saturated heterocycles. The molecule has 1 aromatic heterocycles. The van der Waals surface area contributed by atoms with Crippen LogP contribution in [-0.2, 0) is 6.42 Å². The minimum atomic E-state index is 0.258. The Morgan fingerprint density at radius 3 is 2.63 bits per heavy atom. The van der Waals surface area contributed by atoms with Crippen LogP contribution in [0.4, 0.5) is 5.82 Å². The van der Waals surface area contributed by atoms with Gasteiger partial charge in [0.1, 0.15) is 5.82 Å². The molecule has 0 bridgehead atoms. The van der Waals surface area contributed by atoms with Gasteiger partial charge in [-0.3, -0.25) is 0 Å². The Morgan fingerprint density at radius 2 is 1.78 bits per heavy atom. The summed E-state index contributed by atoms with van der Waals surface area (Å²) in [5.41, 5.74) is 3.98. The summed E-state index contributed by atoms with van der Waals surface area (Å²) >= 11 is 12.5. The molecule has 2 aliphatic heterocycles. The highest BCUT2D eigenvalue weighted by Crippen LogP contribution is 2.39. The van der Waals surface area contributed by atoms with Gasteiger partial charge >= 0.3 is 0 Å². The molecule has 2 aliphatic rings. The largest absolute Gasteiger partial charge is 0.454 e. The SMILES string of the molecule is Clc1cc(Cl)cc(-n2nc(-c3ccc4c(c3)OCO4)c3c2NCCCC3)c1. The fraction of sp³-hybridized carbons (Fsp3) is 0.250. The molecule has 7 heteroatoms. The lowest BCUT2D eigenvalue weighted by molar-refractivity contribution is 0.174. The summed E-state index contributed by atoms with van der Waals surface area (Å²) in [5, 5.41) is 9.62. The molecule has 2 aromatic carbocycles. The number of fused-ring (bicyclic) bond motifs is 2. The number of hydrogen-bond acceptors (Lipinski definition) is 4. The van der Waals surface area contributed by atoms with E-state index < -0.39 is 0 Å². The van der Waals surface area contributed by atoms with Crippen molar-refractivity contribution >= 4 is 29.0 Å². The van der Waals surface area contributed by atoms with Crippen molar-refractivity contribution in [2.75, 3.05) is 18.7 Å². The maximum Gasteiger partial charge on any atom is 0.231 e. The molecule has 0 fully saturated rings. The predicted molar refractivity (Wildman–Crippen MR) is 107 cm³/mol. The molecular formula is C20H17Cl2N3O2. The molecule has 0 atom stereocenters. The number of halogens is 2. The summed E-state index contributed by atoms with van der Waals surface area (Å²) in [4.78, 5) is 0. The molecule has 0 amide bonds. The molecule has 1 N–H and O–H groups in total. The highest BCUT2D eigenvalue weighted by Gasteiger charge is 2.23. The Labute approximate surface area is 166 Å². The molecular weight excluding hydrogens is 385 g/mol. The Bertz CT molecular complexity index is 1010. The summed E-state index contributed by atoms with van der Waals surface area (Å²) in [7, 11) is 0. The zero-order valence-electron chi connectivity index (χ0n) is 14.5. The van der Waals surface area contributed by atoms with Gasteiger partial charge in [0.15, 0.2) is 11.5 Å². The zero-order chi connectivity index (χ0) is 18.4. The first-order valence-electron chi connectivity index (χ1n) is 8.91. The van der Waals surface area contributed by atoms with Crippen LogP contribution in [0.5, 0.6) is 11.5 Å². The fourth-order valence-electron chi connectivity index (χ4n) is 3.63. The van der Waals surface area contributed by atoms with Crippen LogP contribution in [-0.4, -0.2) is 23.1 Å². The van der Waals surface area contributed by atoms with E-state index in [0.29, 0.717) is 10.0 Å². The zero-order valence-corrected chi connectivity index (χ0v) is 16.0. The average molecular weight is 402 g/mol. The van der Waals surface area contributed by atoms with E-state index in [2.05, 4.69) is 5.32 Å². The van der Waals surface area contributed by atoms with Crippen molar-refractivity contribution in [1.29, 1.82) is 0 Å². The van der Waals surface area contributed by atoms with Gasteiger partial charge in [0.2, 0.25) is 6.79 Å². The van der Waals surface area contributed by atoms with E-state index in [1.54, 1.807) is 6.07 Å². The molecule has 138 valence electrons. The van der Waals surface area contributed by atoms with Crippen molar-refractivity contribution in [3.05, 3.63) is 52.0 Å². The van der Waals surface area contributed by atoms with Crippen LogP contribution in [0.3, 0.4) is 0 Å². The van der Waals surface area contributed by atoms with Crippen LogP contribution >= 0.6 is 23.2 Å². The lowest BCUT2D eigenvalue weighted by atomic mass is 10.0. The van der Waals surface area contributed by atoms with Crippen LogP contribution in [0.25, 0.3) is 16.9 Å². The Morgan fingerprint density at radius 1 is 0.963 bits per heavy atom. The minimum Gasteiger partial charge on any atom is -0.454 e. The van der Waals surface area contributed by atoms with Crippen LogP contribution in [0.2, 0.25) is 10.0 Å². The number of hydrogen-bond donors (Lipinski definition) is 1. The summed E-state index contributed by atoms with van der Waals surface area (Å²) in [6, 6.07) is 11.4. The molecule has 27 heavy (non-hydrogen) atoms. The predicted octanol–water partition coefficient (Wildman–Crippen LogP) is 5.32. The average Bonchev–Trinajstić information content (AvgIpc) is 3.18. The number of ether oxygens (including phenoxy) is 2. The highest BCUT2D eigenvalue weighted by molar-refractivity contribution is 6.34. The normalized spacial score (nSPS) is 15.2. The number of aromatic nitrogens is 2. The third-order valence-electron chi connectivity index (χ3n) is 4.87. The Kier molecular flexibility index (Phi) is 4.14. The van der Waals surface area contributed by atoms with Gasteiger partial charge in [-0.05, 0) is 55.7 Å². The minimum absolute atomic E-state index is 0.258. The molecule has 0 spiro atoms. The third kappa shape index (κ3) is 3.01. The lowest BCUT2D eigenvalue weighted by Gasteiger charge is -2.10. The summed E-state index contributed by atoms with van der Waals surface area (Å²) < 4.78 is 12.9. The smallest absolute Gasteiger partial charge is 0.231 e. The highest BCUT2D eigenvalue weighted by atomic mass is 35.5. The van der Waals surface area contributed by atoms with Gasteiger partial charge in [0.05, 0.1) is 11.4 Å². The number of nitrogens with zero attached hydrogens (tertiary/aromatic N) is 2. The molecule has 3 heterocycles. The quantitative estimate of drug-likeness (QED) is 0.630. The van der Waals surface area contributed by atoms with Gasteiger partial charge in [0.25, 0.3) is 0 Å². The number of anilines is 1. The van der Waals surface area contributed by atoms with Crippen molar-refractivity contribution in [2.24, 2.45) is 0 Å². The van der Waals surface area contributed by atoms with Crippen LogP contribution in [0.1, 0.15) is 18.4 Å². The van der Waals surface area contributed by atoms with Gasteiger partial charge in [-0.15, -0.1) is 0 Å². The van der Waals surface area contributed by atoms with Crippen molar-refractivity contribution in [2.45, 2.75) is 19.3 Å². The van der Waals surface area contributed by atoms with Gasteiger partial charge in [-0.1, -0.05) is 23.2 Å². The summed E-state index contributed by atoms with van der Waals surface area (Å²) in [5.74, 6) is 2.52. The van der Waals surface area contributed by atoms with Crippen molar-refractivity contribution in [3.8, 4) is 28.4 Å². The van der Waals surface area contributed by atoms with E-state index in [4.69, 9.17) is 37.8 Å². The van der Waals surface area contributed by atoms with E-state index in [9.17, 15) is 0 Å². The molecule has 5 nitrogen and oxygen atoms in total. The second kappa shape index (κ2) is 6.66. The fourth-order valence-corrected chi connectivity index (χ4v) is 4.14. The van der Waals surface area contributed by atoms with Crippen molar-refractivity contribution in [3.63, 3.8) is 0 Å². The molecule has 0 unspecified atom stereocenters. The van der Waals surface area contributed by atoms with E-state index in [0.717, 1.165) is 60.1 Å². The monoisotopic (exact) mass is 401 g/mol. The van der Waals surface area contributed by atoms with Gasteiger partial charge in [0, 0.05) is 27.7 Å². The molecule has 0 saturated carbocycles. The first-order chi connectivity index (χ1) is 13.2. The maximum absolute atomic E-state index is 6.23. The van der Waals surface area contributed by atoms with Crippen LogP contribution < -0.4 is 14.8 Å². The van der Waals surface area contributed by atoms with E-state index in [1.165, 1.54) is 5.56 Å². The summed E-state index contributed by atoms with van der Waals surface area (Å²) in [6.07, 6.45) is 3.19. The first-order valence-corrected chi connectivity index (χ1v) is 9.67. The van der Waals surface area contributed by atoms with Crippen LogP contribution in [0.15, 0.2) is 36.4 Å². The van der Waals surface area contributed by atoms with E-state index in [-0.39, 0.29) is 6.79 Å². The standard InChI is InChI=1S/C20H17Cl2N3O2/c21-13-8-14(22)10-15(9-13)25-20-16(3-1-2-6-23-20)19(24-25)12-4-5-17-18(7-12)27-11-26-17/h4-5,7-10,23H,1-3,6,11H2. The summed E-state index contributed by atoms with van der Waals surface area (Å²) in [6.45, 7) is 1.17. The first kappa shape index (κ1) is 16.8. The Hall–Kier alpha value is -2.37. The molecule has 3 aromatic rings. The maximum atomic E-state index is 6.23. The second-order valence-electron chi connectivity index (χ2n) is 6.67.